The maximum absolute atomic E-state index is 11.9. The van der Waals surface area contributed by atoms with Gasteiger partial charge in [-0.25, -0.2) is 4.79 Å². The smallest absolute Gasteiger partial charge is 0.407 e. The van der Waals surface area contributed by atoms with Crippen molar-refractivity contribution in [1.82, 2.24) is 16.0 Å². The number of ketones is 1. The first-order chi connectivity index (χ1) is 14.3. The lowest BCUT2D eigenvalue weighted by atomic mass is 10.1. The van der Waals surface area contributed by atoms with E-state index in [-0.39, 0.29) is 31.4 Å². The van der Waals surface area contributed by atoms with Gasteiger partial charge in [0.2, 0.25) is 11.8 Å². The molecule has 1 unspecified atom stereocenters. The summed E-state index contributed by atoms with van der Waals surface area (Å²) in [6.45, 7) is 1.08. The van der Waals surface area contributed by atoms with Crippen molar-refractivity contribution in [3.05, 3.63) is 35.9 Å². The molecule has 1 atom stereocenters. The molecule has 30 heavy (non-hydrogen) atoms. The Morgan fingerprint density at radius 1 is 1.03 bits per heavy atom. The van der Waals surface area contributed by atoms with Crippen LogP contribution in [-0.2, 0) is 25.7 Å². The lowest BCUT2D eigenvalue weighted by Crippen LogP contribution is -2.46. The third kappa shape index (κ3) is 11.3. The topological polar surface area (TPSA) is 178 Å². The SMILES string of the molecule is CC(=O)C(CCCN=C(N)N)NC(=O)CNC(=O)CNC(=O)OCc1ccccc1. The van der Waals surface area contributed by atoms with Crippen molar-refractivity contribution in [2.45, 2.75) is 32.4 Å². The van der Waals surface area contributed by atoms with Crippen LogP contribution in [0.3, 0.4) is 0 Å². The number of guanidine groups is 1. The van der Waals surface area contributed by atoms with Gasteiger partial charge in [0.05, 0.1) is 12.6 Å². The second kappa shape index (κ2) is 13.5. The summed E-state index contributed by atoms with van der Waals surface area (Å²) in [6.07, 6.45) is 0.112. The number of benzene rings is 1. The highest BCUT2D eigenvalue weighted by molar-refractivity contribution is 5.90. The highest BCUT2D eigenvalue weighted by atomic mass is 16.5. The lowest BCUT2D eigenvalue weighted by Gasteiger charge is -2.15. The largest absolute Gasteiger partial charge is 0.445 e. The van der Waals surface area contributed by atoms with Gasteiger partial charge < -0.3 is 32.2 Å². The number of hydrogen-bond donors (Lipinski definition) is 5. The number of nitrogens with two attached hydrogens (primary N) is 2. The normalized spacial score (nSPS) is 11.0. The number of ether oxygens (including phenoxy) is 1. The summed E-state index contributed by atoms with van der Waals surface area (Å²) in [6, 6.07) is 8.37. The van der Waals surface area contributed by atoms with Gasteiger partial charge in [-0.3, -0.25) is 19.4 Å². The molecule has 1 aromatic carbocycles. The zero-order valence-electron chi connectivity index (χ0n) is 16.8. The van der Waals surface area contributed by atoms with Gasteiger partial charge in [-0.1, -0.05) is 30.3 Å². The Kier molecular flexibility index (Phi) is 11.0. The fourth-order valence-corrected chi connectivity index (χ4v) is 2.29. The van der Waals surface area contributed by atoms with Crippen LogP contribution in [0.25, 0.3) is 0 Å². The van der Waals surface area contributed by atoms with E-state index < -0.39 is 23.9 Å². The van der Waals surface area contributed by atoms with E-state index in [9.17, 15) is 19.2 Å². The number of Topliss-reactive ketones (excluding diaryl/α,β-unsaturated/α-hetero) is 1. The molecule has 0 fully saturated rings. The van der Waals surface area contributed by atoms with Crippen LogP contribution < -0.4 is 27.4 Å². The second-order valence-corrected chi connectivity index (χ2v) is 6.37. The highest BCUT2D eigenvalue weighted by Gasteiger charge is 2.17. The molecule has 0 saturated carbocycles. The average molecular weight is 420 g/mol. The van der Waals surface area contributed by atoms with Crippen LogP contribution in [0.2, 0.25) is 0 Å². The first-order valence-corrected chi connectivity index (χ1v) is 9.34. The van der Waals surface area contributed by atoms with E-state index in [1.165, 1.54) is 6.92 Å². The third-order valence-corrected chi connectivity index (χ3v) is 3.82. The quantitative estimate of drug-likeness (QED) is 0.166. The Bertz CT molecular complexity index is 749. The minimum absolute atomic E-state index is 0.0429. The number of nitrogens with zero attached hydrogens (tertiary/aromatic N) is 1. The van der Waals surface area contributed by atoms with Crippen molar-refractivity contribution in [3.8, 4) is 0 Å². The fourth-order valence-electron chi connectivity index (χ4n) is 2.29. The number of alkyl carbamates (subject to hydrolysis) is 1. The molecule has 7 N–H and O–H groups in total. The van der Waals surface area contributed by atoms with Gasteiger partial charge in [-0.2, -0.15) is 0 Å². The molecular formula is C19H28N6O5. The van der Waals surface area contributed by atoms with E-state index in [2.05, 4.69) is 20.9 Å². The summed E-state index contributed by atoms with van der Waals surface area (Å²) in [7, 11) is 0. The van der Waals surface area contributed by atoms with Crippen molar-refractivity contribution in [2.75, 3.05) is 19.6 Å². The van der Waals surface area contributed by atoms with Crippen LogP contribution in [0.5, 0.6) is 0 Å². The molecule has 0 heterocycles. The average Bonchev–Trinajstić information content (AvgIpc) is 2.71. The third-order valence-electron chi connectivity index (χ3n) is 3.82. The van der Waals surface area contributed by atoms with Crippen molar-refractivity contribution < 1.29 is 23.9 Å². The number of amides is 3. The lowest BCUT2D eigenvalue weighted by molar-refractivity contribution is -0.128. The minimum atomic E-state index is -0.754. The van der Waals surface area contributed by atoms with Crippen LogP contribution >= 0.6 is 0 Å². The van der Waals surface area contributed by atoms with Crippen LogP contribution in [0.1, 0.15) is 25.3 Å². The molecule has 0 radical (unpaired) electrons. The van der Waals surface area contributed by atoms with E-state index >= 15 is 0 Å². The van der Waals surface area contributed by atoms with E-state index in [1.807, 2.05) is 18.2 Å². The molecular weight excluding hydrogens is 392 g/mol. The van der Waals surface area contributed by atoms with Gasteiger partial charge >= 0.3 is 6.09 Å². The van der Waals surface area contributed by atoms with Gasteiger partial charge in [0.1, 0.15) is 13.2 Å². The predicted molar refractivity (Wildman–Crippen MR) is 110 cm³/mol. The summed E-state index contributed by atoms with van der Waals surface area (Å²) in [5, 5.41) is 7.17. The molecule has 1 aromatic rings. The monoisotopic (exact) mass is 420 g/mol. The molecule has 11 nitrogen and oxygen atoms in total. The van der Waals surface area contributed by atoms with Crippen molar-refractivity contribution >= 4 is 29.7 Å². The number of hydrogen-bond acceptors (Lipinski definition) is 6. The molecule has 11 heteroatoms. The molecule has 0 aliphatic carbocycles. The number of nitrogens with one attached hydrogen (secondary N) is 3. The van der Waals surface area contributed by atoms with E-state index in [0.29, 0.717) is 19.4 Å². The maximum Gasteiger partial charge on any atom is 0.407 e. The first-order valence-electron chi connectivity index (χ1n) is 9.34. The van der Waals surface area contributed by atoms with Crippen molar-refractivity contribution in [2.24, 2.45) is 16.5 Å². The van der Waals surface area contributed by atoms with Gasteiger partial charge in [-0.05, 0) is 25.3 Å². The number of carbonyl (C=O) groups excluding carboxylic acids is 4. The fraction of sp³-hybridized carbons (Fsp3) is 0.421. The molecule has 164 valence electrons. The predicted octanol–water partition coefficient (Wildman–Crippen LogP) is -0.844. The Morgan fingerprint density at radius 2 is 1.70 bits per heavy atom. The Balaban J connectivity index is 2.25. The summed E-state index contributed by atoms with van der Waals surface area (Å²) < 4.78 is 4.97. The highest BCUT2D eigenvalue weighted by Crippen LogP contribution is 2.00. The first kappa shape index (κ1) is 24.4. The Hall–Kier alpha value is -3.63. The van der Waals surface area contributed by atoms with Gasteiger partial charge in [0, 0.05) is 6.54 Å². The zero-order valence-corrected chi connectivity index (χ0v) is 16.8. The summed E-state index contributed by atoms with van der Waals surface area (Å²) in [5.74, 6) is -1.37. The molecule has 0 spiro atoms. The number of rotatable bonds is 12. The van der Waals surface area contributed by atoms with E-state index in [1.54, 1.807) is 12.1 Å². The van der Waals surface area contributed by atoms with Gasteiger partial charge in [0.25, 0.3) is 0 Å². The molecule has 0 aliphatic rings. The molecule has 0 aliphatic heterocycles. The minimum Gasteiger partial charge on any atom is -0.445 e. The number of carbonyl (C=O) groups is 4. The molecule has 1 rings (SSSR count). The van der Waals surface area contributed by atoms with Crippen LogP contribution in [0, 0.1) is 0 Å². The Morgan fingerprint density at radius 3 is 2.33 bits per heavy atom. The van der Waals surface area contributed by atoms with Crippen LogP contribution in [0.15, 0.2) is 35.3 Å². The van der Waals surface area contributed by atoms with Crippen LogP contribution in [-0.4, -0.2) is 55.3 Å². The molecule has 0 saturated heterocycles. The number of aliphatic imine (C=N–C) groups is 1. The summed E-state index contributed by atoms with van der Waals surface area (Å²) >= 11 is 0. The molecule has 0 bridgehead atoms. The summed E-state index contributed by atoms with van der Waals surface area (Å²) in [4.78, 5) is 50.7. The molecule has 3 amide bonds. The van der Waals surface area contributed by atoms with Crippen LogP contribution in [0.4, 0.5) is 4.79 Å². The van der Waals surface area contributed by atoms with Gasteiger partial charge in [-0.15, -0.1) is 0 Å². The van der Waals surface area contributed by atoms with Crippen molar-refractivity contribution in [3.63, 3.8) is 0 Å². The standard InChI is InChI=1S/C19H28N6O5/c1-13(26)15(8-5-9-22-18(20)21)25-17(28)11-23-16(27)10-24-19(29)30-12-14-6-3-2-4-7-14/h2-4,6-7,15H,5,8-12H2,1H3,(H,23,27)(H,24,29)(H,25,28)(H4,20,21,22). The molecule has 0 aromatic heterocycles. The van der Waals surface area contributed by atoms with Gasteiger partial charge in [0.15, 0.2) is 11.7 Å². The maximum atomic E-state index is 11.9. The Labute approximate surface area is 174 Å². The van der Waals surface area contributed by atoms with E-state index in [4.69, 9.17) is 16.2 Å². The second-order valence-electron chi connectivity index (χ2n) is 6.37. The summed E-state index contributed by atoms with van der Waals surface area (Å²) in [5.41, 5.74) is 11.3. The van der Waals surface area contributed by atoms with Crippen molar-refractivity contribution in [1.29, 1.82) is 0 Å². The zero-order chi connectivity index (χ0) is 22.4. The van der Waals surface area contributed by atoms with E-state index in [0.717, 1.165) is 5.56 Å².